The van der Waals surface area contributed by atoms with Crippen molar-refractivity contribution in [2.45, 2.75) is 13.8 Å². The summed E-state index contributed by atoms with van der Waals surface area (Å²) in [5, 5.41) is 9.00. The van der Waals surface area contributed by atoms with E-state index in [2.05, 4.69) is 21.2 Å². The highest BCUT2D eigenvalue weighted by Crippen LogP contribution is 2.27. The van der Waals surface area contributed by atoms with E-state index in [0.29, 0.717) is 29.3 Å². The number of anilines is 1. The number of hydrogen-bond acceptors (Lipinski definition) is 6. The largest absolute Gasteiger partial charge is 0.493 e. The summed E-state index contributed by atoms with van der Waals surface area (Å²) < 4.78 is 10.8. The van der Waals surface area contributed by atoms with Crippen LogP contribution in [0.5, 0.6) is 11.5 Å². The zero-order valence-electron chi connectivity index (χ0n) is 17.7. The molecule has 0 aliphatic rings. The van der Waals surface area contributed by atoms with E-state index in [1.54, 1.807) is 30.3 Å². The van der Waals surface area contributed by atoms with Gasteiger partial charge >= 0.3 is 11.8 Å². The number of hydrazone groups is 1. The number of methoxy groups -OCH3 is 1. The third-order valence-corrected chi connectivity index (χ3v) is 3.86. The number of nitrogens with zero attached hydrogens (tertiary/aromatic N) is 1. The lowest BCUT2D eigenvalue weighted by atomic mass is 10.2. The first-order valence-electron chi connectivity index (χ1n) is 9.66. The molecule has 0 saturated carbocycles. The molecule has 9 nitrogen and oxygen atoms in total. The van der Waals surface area contributed by atoms with Crippen molar-refractivity contribution < 1.29 is 23.9 Å². The van der Waals surface area contributed by atoms with Gasteiger partial charge < -0.3 is 20.1 Å². The maximum absolute atomic E-state index is 12.0. The van der Waals surface area contributed by atoms with Crippen molar-refractivity contribution in [3.8, 4) is 11.5 Å². The number of nitrogens with one attached hydrogen (secondary N) is 3. The van der Waals surface area contributed by atoms with Crippen LogP contribution in [-0.4, -0.2) is 44.2 Å². The van der Waals surface area contributed by atoms with E-state index in [-0.39, 0.29) is 18.4 Å². The topological polar surface area (TPSA) is 118 Å². The standard InChI is InChI=1S/C22H26N4O5/c1-15(2)12-23-21(28)22(29)26-24-13-16-9-10-18(19(11-16)30-3)31-14-20(27)25-17-7-5-4-6-8-17/h4-11,13,15H,12,14H2,1-3H3,(H,23,28)(H,25,27)(H,26,29)/b24-13-. The monoisotopic (exact) mass is 426 g/mol. The molecule has 0 fully saturated rings. The molecule has 0 saturated heterocycles. The van der Waals surface area contributed by atoms with Crippen LogP contribution in [0.3, 0.4) is 0 Å². The molecule has 0 aliphatic heterocycles. The Kier molecular flexibility index (Phi) is 9.03. The van der Waals surface area contributed by atoms with Crippen LogP contribution in [0.25, 0.3) is 0 Å². The minimum atomic E-state index is -0.853. The predicted molar refractivity (Wildman–Crippen MR) is 117 cm³/mol. The molecule has 0 radical (unpaired) electrons. The van der Waals surface area contributed by atoms with Crippen LogP contribution < -0.4 is 25.5 Å². The van der Waals surface area contributed by atoms with Crippen molar-refractivity contribution in [3.05, 3.63) is 54.1 Å². The zero-order valence-corrected chi connectivity index (χ0v) is 17.7. The van der Waals surface area contributed by atoms with Gasteiger partial charge in [0.2, 0.25) is 0 Å². The smallest absolute Gasteiger partial charge is 0.329 e. The Hall–Kier alpha value is -3.88. The van der Waals surface area contributed by atoms with Gasteiger partial charge in [-0.3, -0.25) is 14.4 Å². The summed E-state index contributed by atoms with van der Waals surface area (Å²) in [6.45, 7) is 4.05. The highest BCUT2D eigenvalue weighted by atomic mass is 16.5. The summed E-state index contributed by atoms with van der Waals surface area (Å²) in [5.41, 5.74) is 3.44. The number of amides is 3. The molecule has 2 aromatic rings. The summed E-state index contributed by atoms with van der Waals surface area (Å²) in [7, 11) is 1.47. The molecule has 9 heteroatoms. The van der Waals surface area contributed by atoms with E-state index < -0.39 is 11.8 Å². The highest BCUT2D eigenvalue weighted by molar-refractivity contribution is 6.35. The van der Waals surface area contributed by atoms with Gasteiger partial charge in [0.05, 0.1) is 13.3 Å². The SMILES string of the molecule is COc1cc(/C=N\NC(=O)C(=O)NCC(C)C)ccc1OCC(=O)Nc1ccccc1. The number of para-hydroxylation sites is 1. The van der Waals surface area contributed by atoms with Gasteiger partial charge in [0.15, 0.2) is 18.1 Å². The fourth-order valence-electron chi connectivity index (χ4n) is 2.34. The molecule has 2 aromatic carbocycles. The van der Waals surface area contributed by atoms with E-state index >= 15 is 0 Å². The first-order chi connectivity index (χ1) is 14.9. The van der Waals surface area contributed by atoms with Gasteiger partial charge in [0.1, 0.15) is 0 Å². The second kappa shape index (κ2) is 12.0. The molecular formula is C22H26N4O5. The van der Waals surface area contributed by atoms with Gasteiger partial charge in [-0.25, -0.2) is 5.43 Å². The number of carbonyl (C=O) groups excluding carboxylic acids is 3. The van der Waals surface area contributed by atoms with Gasteiger partial charge in [-0.2, -0.15) is 5.10 Å². The quantitative estimate of drug-likeness (QED) is 0.322. The second-order valence-corrected chi connectivity index (χ2v) is 6.92. The first kappa shape index (κ1) is 23.4. The van der Waals surface area contributed by atoms with Crippen molar-refractivity contribution >= 4 is 29.6 Å². The molecule has 164 valence electrons. The third-order valence-electron chi connectivity index (χ3n) is 3.86. The van der Waals surface area contributed by atoms with Crippen molar-refractivity contribution in [3.63, 3.8) is 0 Å². The van der Waals surface area contributed by atoms with Gasteiger partial charge in [0, 0.05) is 12.2 Å². The molecule has 0 aliphatic carbocycles. The van der Waals surface area contributed by atoms with E-state index in [1.807, 2.05) is 32.0 Å². The van der Waals surface area contributed by atoms with Gasteiger partial charge in [-0.05, 0) is 41.8 Å². The highest BCUT2D eigenvalue weighted by Gasteiger charge is 2.12. The molecular weight excluding hydrogens is 400 g/mol. The van der Waals surface area contributed by atoms with E-state index in [0.717, 1.165) is 0 Å². The molecule has 0 spiro atoms. The third kappa shape index (κ3) is 8.17. The number of carbonyl (C=O) groups is 3. The van der Waals surface area contributed by atoms with E-state index in [4.69, 9.17) is 9.47 Å². The maximum Gasteiger partial charge on any atom is 0.329 e. The van der Waals surface area contributed by atoms with Crippen LogP contribution in [-0.2, 0) is 14.4 Å². The van der Waals surface area contributed by atoms with Crippen molar-refractivity contribution in [1.29, 1.82) is 0 Å². The number of rotatable bonds is 9. The summed E-state index contributed by atoms with van der Waals surface area (Å²) in [6.07, 6.45) is 1.36. The molecule has 3 N–H and O–H groups in total. The van der Waals surface area contributed by atoms with Gasteiger partial charge in [-0.1, -0.05) is 32.0 Å². The summed E-state index contributed by atoms with van der Waals surface area (Å²) >= 11 is 0. The lowest BCUT2D eigenvalue weighted by Crippen LogP contribution is -2.39. The molecule has 0 bridgehead atoms. The van der Waals surface area contributed by atoms with Crippen molar-refractivity contribution in [2.75, 3.05) is 25.6 Å². The number of hydrogen-bond donors (Lipinski definition) is 3. The first-order valence-corrected chi connectivity index (χ1v) is 9.66. The Balaban J connectivity index is 1.89. The average Bonchev–Trinajstić information content (AvgIpc) is 2.76. The normalized spacial score (nSPS) is 10.6. The summed E-state index contributed by atoms with van der Waals surface area (Å²) in [4.78, 5) is 35.3. The molecule has 0 unspecified atom stereocenters. The van der Waals surface area contributed by atoms with Gasteiger partial charge in [-0.15, -0.1) is 0 Å². The summed E-state index contributed by atoms with van der Waals surface area (Å²) in [5.74, 6) is -0.915. The average molecular weight is 426 g/mol. The molecule has 2 rings (SSSR count). The van der Waals surface area contributed by atoms with Gasteiger partial charge in [0.25, 0.3) is 5.91 Å². The Labute approximate surface area is 180 Å². The van der Waals surface area contributed by atoms with Crippen molar-refractivity contribution in [1.82, 2.24) is 10.7 Å². The fraction of sp³-hybridized carbons (Fsp3) is 0.273. The fourth-order valence-corrected chi connectivity index (χ4v) is 2.34. The lowest BCUT2D eigenvalue weighted by molar-refractivity contribution is -0.139. The molecule has 0 heterocycles. The van der Waals surface area contributed by atoms with Crippen LogP contribution in [0, 0.1) is 5.92 Å². The zero-order chi connectivity index (χ0) is 22.6. The number of ether oxygens (including phenoxy) is 2. The minimum absolute atomic E-state index is 0.194. The molecule has 0 atom stereocenters. The molecule has 0 aromatic heterocycles. The van der Waals surface area contributed by atoms with Crippen LogP contribution in [0.15, 0.2) is 53.6 Å². The lowest BCUT2D eigenvalue weighted by Gasteiger charge is -2.11. The Morgan fingerprint density at radius 1 is 1.03 bits per heavy atom. The van der Waals surface area contributed by atoms with E-state index in [9.17, 15) is 14.4 Å². The Morgan fingerprint density at radius 3 is 2.45 bits per heavy atom. The van der Waals surface area contributed by atoms with Crippen molar-refractivity contribution in [2.24, 2.45) is 11.0 Å². The molecule has 31 heavy (non-hydrogen) atoms. The van der Waals surface area contributed by atoms with Crippen LogP contribution in [0.4, 0.5) is 5.69 Å². The Morgan fingerprint density at radius 2 is 1.77 bits per heavy atom. The van der Waals surface area contributed by atoms with Crippen LogP contribution in [0.1, 0.15) is 19.4 Å². The Bertz CT molecular complexity index is 929. The van der Waals surface area contributed by atoms with Crippen LogP contribution >= 0.6 is 0 Å². The predicted octanol–water partition coefficient (Wildman–Crippen LogP) is 1.93. The van der Waals surface area contributed by atoms with Crippen LogP contribution in [0.2, 0.25) is 0 Å². The minimum Gasteiger partial charge on any atom is -0.493 e. The summed E-state index contributed by atoms with van der Waals surface area (Å²) in [6, 6.07) is 14.0. The number of benzene rings is 2. The molecule has 3 amide bonds. The maximum atomic E-state index is 12.0. The second-order valence-electron chi connectivity index (χ2n) is 6.92. The van der Waals surface area contributed by atoms with E-state index in [1.165, 1.54) is 13.3 Å².